The maximum atomic E-state index is 12.2. The van der Waals surface area contributed by atoms with Crippen molar-refractivity contribution in [2.24, 2.45) is 5.92 Å². The molecule has 2 heterocycles. The summed E-state index contributed by atoms with van der Waals surface area (Å²) in [6.45, 7) is 4.26. The molecule has 1 atom stereocenters. The Morgan fingerprint density at radius 2 is 2.24 bits per heavy atom. The monoisotopic (exact) mass is 303 g/mol. The third kappa shape index (κ3) is 3.21. The number of carbonyl (C=O) groups is 1. The zero-order chi connectivity index (χ0) is 14.8. The number of aromatic nitrogens is 2. The Kier molecular flexibility index (Phi) is 3.88. The Hall–Kier alpha value is -1.95. The molecule has 1 aromatic heterocycles. The van der Waals surface area contributed by atoms with Crippen molar-refractivity contribution in [3.63, 3.8) is 0 Å². The molecule has 1 N–H and O–H groups in total. The molecule has 1 aliphatic heterocycles. The molecule has 21 heavy (non-hydrogen) atoms. The minimum absolute atomic E-state index is 0.168. The van der Waals surface area contributed by atoms with Gasteiger partial charge in [0.05, 0.1) is 0 Å². The van der Waals surface area contributed by atoms with Gasteiger partial charge in [0.15, 0.2) is 6.10 Å². The van der Waals surface area contributed by atoms with Crippen LogP contribution in [0.3, 0.4) is 0 Å². The van der Waals surface area contributed by atoms with Gasteiger partial charge in [-0.05, 0) is 17.5 Å². The van der Waals surface area contributed by atoms with Crippen molar-refractivity contribution in [3.8, 4) is 5.75 Å². The second-order valence-electron chi connectivity index (χ2n) is 5.51. The summed E-state index contributed by atoms with van der Waals surface area (Å²) < 4.78 is 5.66. The Bertz CT molecular complexity index is 629. The lowest BCUT2D eigenvalue weighted by Gasteiger charge is -2.08. The summed E-state index contributed by atoms with van der Waals surface area (Å²) in [6, 6.07) is 7.72. The molecule has 0 aliphatic carbocycles. The largest absolute Gasteiger partial charge is 0.480 e. The summed E-state index contributed by atoms with van der Waals surface area (Å²) >= 11 is 1.42. The second-order valence-corrected chi connectivity index (χ2v) is 6.57. The number of carbonyl (C=O) groups excluding carboxylic acids is 1. The van der Waals surface area contributed by atoms with Gasteiger partial charge in [0.25, 0.3) is 5.91 Å². The van der Waals surface area contributed by atoms with Gasteiger partial charge in [0.2, 0.25) is 5.13 Å². The Labute approximate surface area is 127 Å². The normalized spacial score (nSPS) is 16.6. The van der Waals surface area contributed by atoms with E-state index in [4.69, 9.17) is 4.74 Å². The Balaban J connectivity index is 1.61. The molecule has 5 nitrogen and oxygen atoms in total. The average Bonchev–Trinajstić information content (AvgIpc) is 3.04. The minimum atomic E-state index is -0.486. The first-order chi connectivity index (χ1) is 10.1. The fourth-order valence-corrected chi connectivity index (χ4v) is 3.20. The van der Waals surface area contributed by atoms with Gasteiger partial charge in [-0.3, -0.25) is 10.1 Å². The predicted octanol–water partition coefficient (Wildman–Crippen LogP) is 2.68. The number of benzene rings is 1. The van der Waals surface area contributed by atoms with Gasteiger partial charge in [-0.25, -0.2) is 0 Å². The van der Waals surface area contributed by atoms with E-state index < -0.39 is 6.10 Å². The van der Waals surface area contributed by atoms with E-state index in [1.165, 1.54) is 11.3 Å². The molecule has 0 fully saturated rings. The van der Waals surface area contributed by atoms with Gasteiger partial charge in [-0.1, -0.05) is 43.4 Å². The average molecular weight is 303 g/mol. The van der Waals surface area contributed by atoms with E-state index in [1.807, 2.05) is 24.3 Å². The highest BCUT2D eigenvalue weighted by Crippen LogP contribution is 2.29. The van der Waals surface area contributed by atoms with Crippen molar-refractivity contribution >= 4 is 22.4 Å². The first-order valence-corrected chi connectivity index (χ1v) is 7.81. The van der Waals surface area contributed by atoms with E-state index >= 15 is 0 Å². The van der Waals surface area contributed by atoms with Gasteiger partial charge in [0, 0.05) is 12.8 Å². The second kappa shape index (κ2) is 5.81. The quantitative estimate of drug-likeness (QED) is 0.943. The number of ether oxygens (including phenoxy) is 1. The third-order valence-electron chi connectivity index (χ3n) is 3.22. The SMILES string of the molecule is CC(C)Cc1nnc(NC(=O)[C@@H]2Cc3ccccc3O2)s1. The summed E-state index contributed by atoms with van der Waals surface area (Å²) in [5.74, 6) is 1.14. The van der Waals surface area contributed by atoms with Gasteiger partial charge in [-0.15, -0.1) is 10.2 Å². The number of rotatable bonds is 4. The van der Waals surface area contributed by atoms with Crippen LogP contribution >= 0.6 is 11.3 Å². The maximum absolute atomic E-state index is 12.2. The lowest BCUT2D eigenvalue weighted by molar-refractivity contribution is -0.122. The van der Waals surface area contributed by atoms with E-state index in [1.54, 1.807) is 0 Å². The zero-order valence-corrected chi connectivity index (χ0v) is 12.8. The van der Waals surface area contributed by atoms with Crippen molar-refractivity contribution < 1.29 is 9.53 Å². The molecule has 6 heteroatoms. The van der Waals surface area contributed by atoms with E-state index in [-0.39, 0.29) is 5.91 Å². The summed E-state index contributed by atoms with van der Waals surface area (Å²) in [7, 11) is 0. The van der Waals surface area contributed by atoms with Crippen LogP contribution in [0.4, 0.5) is 5.13 Å². The number of para-hydroxylation sites is 1. The molecule has 1 aliphatic rings. The first kappa shape index (κ1) is 14.0. The van der Waals surface area contributed by atoms with Crippen LogP contribution in [0.25, 0.3) is 0 Å². The number of hydrogen-bond acceptors (Lipinski definition) is 5. The molecular formula is C15H17N3O2S. The molecule has 110 valence electrons. The number of hydrogen-bond donors (Lipinski definition) is 1. The molecule has 3 rings (SSSR count). The summed E-state index contributed by atoms with van der Waals surface area (Å²) in [5.41, 5.74) is 1.07. The number of fused-ring (bicyclic) bond motifs is 1. The Morgan fingerprint density at radius 1 is 1.43 bits per heavy atom. The number of nitrogens with zero attached hydrogens (tertiary/aromatic N) is 2. The number of nitrogens with one attached hydrogen (secondary N) is 1. The molecule has 1 aromatic carbocycles. The van der Waals surface area contributed by atoms with E-state index in [0.717, 1.165) is 22.7 Å². The standard InChI is InChI=1S/C15H17N3O2S/c1-9(2)7-13-17-18-15(21-13)16-14(19)12-8-10-5-3-4-6-11(10)20-12/h3-6,9,12H,7-8H2,1-2H3,(H,16,18,19)/t12-/m0/s1. The van der Waals surface area contributed by atoms with Crippen molar-refractivity contribution in [3.05, 3.63) is 34.8 Å². The van der Waals surface area contributed by atoms with Gasteiger partial charge in [0.1, 0.15) is 10.8 Å². The fraction of sp³-hybridized carbons (Fsp3) is 0.400. The summed E-state index contributed by atoms with van der Waals surface area (Å²) in [5, 5.41) is 12.4. The summed E-state index contributed by atoms with van der Waals surface area (Å²) in [4.78, 5) is 12.2. The van der Waals surface area contributed by atoms with Crippen LogP contribution in [0.5, 0.6) is 5.75 Å². The number of anilines is 1. The topological polar surface area (TPSA) is 64.1 Å². The van der Waals surface area contributed by atoms with Crippen LogP contribution in [0.2, 0.25) is 0 Å². The molecule has 2 aromatic rings. The summed E-state index contributed by atoms with van der Waals surface area (Å²) in [6.07, 6.45) is 0.985. The molecule has 0 unspecified atom stereocenters. The highest BCUT2D eigenvalue weighted by Gasteiger charge is 2.29. The Morgan fingerprint density at radius 3 is 3.00 bits per heavy atom. The molecule has 0 radical (unpaired) electrons. The van der Waals surface area contributed by atoms with Crippen molar-refractivity contribution in [2.75, 3.05) is 5.32 Å². The van der Waals surface area contributed by atoms with Crippen molar-refractivity contribution in [1.82, 2.24) is 10.2 Å². The van der Waals surface area contributed by atoms with Gasteiger partial charge in [-0.2, -0.15) is 0 Å². The van der Waals surface area contributed by atoms with Crippen LogP contribution in [0, 0.1) is 5.92 Å². The fourth-order valence-electron chi connectivity index (χ4n) is 2.25. The molecule has 0 bridgehead atoms. The predicted molar refractivity (Wildman–Crippen MR) is 81.6 cm³/mol. The van der Waals surface area contributed by atoms with E-state index in [2.05, 4.69) is 29.4 Å². The van der Waals surface area contributed by atoms with Crippen LogP contribution < -0.4 is 10.1 Å². The van der Waals surface area contributed by atoms with Crippen LogP contribution in [-0.2, 0) is 17.6 Å². The molecular weight excluding hydrogens is 286 g/mol. The highest BCUT2D eigenvalue weighted by atomic mass is 32.1. The van der Waals surface area contributed by atoms with Gasteiger partial charge < -0.3 is 4.74 Å². The lowest BCUT2D eigenvalue weighted by Crippen LogP contribution is -2.31. The van der Waals surface area contributed by atoms with Crippen LogP contribution in [0.15, 0.2) is 24.3 Å². The van der Waals surface area contributed by atoms with E-state index in [0.29, 0.717) is 17.5 Å². The third-order valence-corrected chi connectivity index (χ3v) is 4.08. The maximum Gasteiger partial charge on any atom is 0.267 e. The van der Waals surface area contributed by atoms with Crippen molar-refractivity contribution in [1.29, 1.82) is 0 Å². The molecule has 0 saturated carbocycles. The first-order valence-electron chi connectivity index (χ1n) is 6.99. The van der Waals surface area contributed by atoms with Gasteiger partial charge >= 0.3 is 0 Å². The molecule has 0 spiro atoms. The molecule has 1 amide bonds. The van der Waals surface area contributed by atoms with Crippen LogP contribution in [0.1, 0.15) is 24.4 Å². The zero-order valence-electron chi connectivity index (χ0n) is 12.0. The smallest absolute Gasteiger partial charge is 0.267 e. The molecule has 0 saturated heterocycles. The van der Waals surface area contributed by atoms with Crippen LogP contribution in [-0.4, -0.2) is 22.2 Å². The minimum Gasteiger partial charge on any atom is -0.480 e. The van der Waals surface area contributed by atoms with E-state index in [9.17, 15) is 4.79 Å². The lowest BCUT2D eigenvalue weighted by atomic mass is 10.1. The highest BCUT2D eigenvalue weighted by molar-refractivity contribution is 7.15. The number of amides is 1. The van der Waals surface area contributed by atoms with Crippen molar-refractivity contribution in [2.45, 2.75) is 32.8 Å².